The van der Waals surface area contributed by atoms with Crippen molar-refractivity contribution < 1.29 is 0 Å². The summed E-state index contributed by atoms with van der Waals surface area (Å²) in [5.41, 5.74) is 2.77. The Morgan fingerprint density at radius 1 is 1.36 bits per heavy atom. The van der Waals surface area contributed by atoms with Gasteiger partial charge in [-0.2, -0.15) is 5.10 Å². The van der Waals surface area contributed by atoms with Crippen LogP contribution in [0.5, 0.6) is 0 Å². The molecule has 0 radical (unpaired) electrons. The van der Waals surface area contributed by atoms with Crippen molar-refractivity contribution in [1.82, 2.24) is 10.2 Å². The number of anilines is 1. The SMILES string of the molecule is CCNc1n[nH]c2c1C(C)CCC2C. The average Bonchev–Trinajstić information content (AvgIpc) is 2.58. The van der Waals surface area contributed by atoms with E-state index >= 15 is 0 Å². The molecule has 2 atom stereocenters. The van der Waals surface area contributed by atoms with Gasteiger partial charge in [0.25, 0.3) is 0 Å². The van der Waals surface area contributed by atoms with Crippen molar-refractivity contribution >= 4 is 5.82 Å². The molecule has 0 saturated carbocycles. The van der Waals surface area contributed by atoms with E-state index in [1.54, 1.807) is 0 Å². The lowest BCUT2D eigenvalue weighted by molar-refractivity contribution is 0.520. The van der Waals surface area contributed by atoms with E-state index in [4.69, 9.17) is 0 Å². The van der Waals surface area contributed by atoms with E-state index in [0.29, 0.717) is 11.8 Å². The number of rotatable bonds is 2. The maximum atomic E-state index is 4.35. The number of hydrogen-bond donors (Lipinski definition) is 2. The van der Waals surface area contributed by atoms with Crippen molar-refractivity contribution in [3.05, 3.63) is 11.3 Å². The molecule has 2 N–H and O–H groups in total. The molecule has 0 aromatic carbocycles. The van der Waals surface area contributed by atoms with Crippen LogP contribution >= 0.6 is 0 Å². The van der Waals surface area contributed by atoms with Crippen molar-refractivity contribution in [2.75, 3.05) is 11.9 Å². The van der Waals surface area contributed by atoms with Crippen LogP contribution in [0.25, 0.3) is 0 Å². The molecule has 1 aromatic heterocycles. The van der Waals surface area contributed by atoms with Gasteiger partial charge >= 0.3 is 0 Å². The maximum absolute atomic E-state index is 4.35. The third kappa shape index (κ3) is 1.41. The number of H-pyrrole nitrogens is 1. The third-order valence-electron chi connectivity index (χ3n) is 3.20. The number of aromatic nitrogens is 2. The maximum Gasteiger partial charge on any atom is 0.151 e. The van der Waals surface area contributed by atoms with Crippen LogP contribution in [0.3, 0.4) is 0 Å². The molecule has 1 heterocycles. The van der Waals surface area contributed by atoms with E-state index in [9.17, 15) is 0 Å². The van der Waals surface area contributed by atoms with Crippen molar-refractivity contribution in [2.24, 2.45) is 0 Å². The number of nitrogens with one attached hydrogen (secondary N) is 2. The quantitative estimate of drug-likeness (QED) is 0.758. The standard InChI is InChI=1S/C11H19N3/c1-4-12-11-9-7(2)5-6-8(3)10(9)13-14-11/h7-8H,4-6H2,1-3H3,(H2,12,13,14). The Balaban J connectivity index is 2.37. The smallest absolute Gasteiger partial charge is 0.151 e. The summed E-state index contributed by atoms with van der Waals surface area (Å²) in [6.45, 7) is 7.62. The van der Waals surface area contributed by atoms with Crippen molar-refractivity contribution in [1.29, 1.82) is 0 Å². The summed E-state index contributed by atoms with van der Waals surface area (Å²) in [5, 5.41) is 10.9. The van der Waals surface area contributed by atoms with Gasteiger partial charge in [-0.25, -0.2) is 0 Å². The third-order valence-corrected chi connectivity index (χ3v) is 3.20. The molecule has 78 valence electrons. The predicted molar refractivity (Wildman–Crippen MR) is 58.8 cm³/mol. The Kier molecular flexibility index (Phi) is 2.48. The zero-order valence-corrected chi connectivity index (χ0v) is 9.22. The van der Waals surface area contributed by atoms with Crippen LogP contribution in [0.4, 0.5) is 5.82 Å². The Hall–Kier alpha value is -0.990. The van der Waals surface area contributed by atoms with Crippen molar-refractivity contribution in [2.45, 2.75) is 45.4 Å². The highest BCUT2D eigenvalue weighted by Gasteiger charge is 2.27. The normalized spacial score (nSPS) is 25.9. The van der Waals surface area contributed by atoms with Gasteiger partial charge in [0.1, 0.15) is 0 Å². The lowest BCUT2D eigenvalue weighted by Crippen LogP contribution is -2.11. The summed E-state index contributed by atoms with van der Waals surface area (Å²) in [6.07, 6.45) is 2.56. The van der Waals surface area contributed by atoms with Crippen molar-refractivity contribution in [3.8, 4) is 0 Å². The van der Waals surface area contributed by atoms with E-state index in [1.807, 2.05) is 0 Å². The molecule has 2 rings (SSSR count). The van der Waals surface area contributed by atoms with Crippen LogP contribution in [0, 0.1) is 0 Å². The second kappa shape index (κ2) is 3.64. The Morgan fingerprint density at radius 3 is 2.79 bits per heavy atom. The molecule has 2 unspecified atom stereocenters. The van der Waals surface area contributed by atoms with Crippen molar-refractivity contribution in [3.63, 3.8) is 0 Å². The zero-order chi connectivity index (χ0) is 10.1. The molecule has 1 aromatic rings. The highest BCUT2D eigenvalue weighted by atomic mass is 15.2. The van der Waals surface area contributed by atoms with Gasteiger partial charge < -0.3 is 5.32 Å². The van der Waals surface area contributed by atoms with E-state index < -0.39 is 0 Å². The highest BCUT2D eigenvalue weighted by Crippen LogP contribution is 2.40. The largest absolute Gasteiger partial charge is 0.369 e. The molecule has 3 heteroatoms. The minimum Gasteiger partial charge on any atom is -0.369 e. The van der Waals surface area contributed by atoms with Gasteiger partial charge in [-0.1, -0.05) is 13.8 Å². The Morgan fingerprint density at radius 2 is 2.07 bits per heavy atom. The van der Waals surface area contributed by atoms with Crippen LogP contribution in [0.2, 0.25) is 0 Å². The lowest BCUT2D eigenvalue weighted by Gasteiger charge is -2.24. The first-order valence-electron chi connectivity index (χ1n) is 5.56. The molecule has 0 amide bonds. The summed E-state index contributed by atoms with van der Waals surface area (Å²) < 4.78 is 0. The fourth-order valence-corrected chi connectivity index (χ4v) is 2.33. The van der Waals surface area contributed by atoms with E-state index in [-0.39, 0.29) is 0 Å². The first-order chi connectivity index (χ1) is 6.74. The first-order valence-corrected chi connectivity index (χ1v) is 5.56. The predicted octanol–water partition coefficient (Wildman–Crippen LogP) is 2.84. The van der Waals surface area contributed by atoms with E-state index in [1.165, 1.54) is 24.1 Å². The molecule has 0 saturated heterocycles. The van der Waals surface area contributed by atoms with Gasteiger partial charge in [0, 0.05) is 17.8 Å². The van der Waals surface area contributed by atoms with E-state index in [2.05, 4.69) is 36.3 Å². The van der Waals surface area contributed by atoms with Crippen LogP contribution in [0.1, 0.15) is 56.7 Å². The highest BCUT2D eigenvalue weighted by molar-refractivity contribution is 5.50. The first kappa shape index (κ1) is 9.56. The second-order valence-corrected chi connectivity index (χ2v) is 4.31. The summed E-state index contributed by atoms with van der Waals surface area (Å²) >= 11 is 0. The van der Waals surface area contributed by atoms with Gasteiger partial charge in [-0.15, -0.1) is 0 Å². The van der Waals surface area contributed by atoms with Gasteiger partial charge in [0.15, 0.2) is 5.82 Å². The molecule has 1 aliphatic rings. The molecule has 1 aliphatic carbocycles. The summed E-state index contributed by atoms with van der Waals surface area (Å²) in [7, 11) is 0. The van der Waals surface area contributed by atoms with Crippen LogP contribution in [-0.2, 0) is 0 Å². The molecule has 3 nitrogen and oxygen atoms in total. The molecule has 0 spiro atoms. The fraction of sp³-hybridized carbons (Fsp3) is 0.727. The van der Waals surface area contributed by atoms with Gasteiger partial charge in [0.05, 0.1) is 0 Å². The Bertz CT molecular complexity index is 316. The number of fused-ring (bicyclic) bond motifs is 1. The minimum atomic E-state index is 0.640. The summed E-state index contributed by atoms with van der Waals surface area (Å²) in [6, 6.07) is 0. The van der Waals surface area contributed by atoms with Crippen LogP contribution in [0.15, 0.2) is 0 Å². The van der Waals surface area contributed by atoms with Gasteiger partial charge in [-0.3, -0.25) is 5.10 Å². The fourth-order valence-electron chi connectivity index (χ4n) is 2.33. The van der Waals surface area contributed by atoms with Crippen LogP contribution in [-0.4, -0.2) is 16.7 Å². The molecular formula is C11H19N3. The molecule has 0 fully saturated rings. The topological polar surface area (TPSA) is 40.7 Å². The number of hydrogen-bond acceptors (Lipinski definition) is 2. The summed E-state index contributed by atoms with van der Waals surface area (Å²) in [5.74, 6) is 2.36. The number of aromatic amines is 1. The molecule has 0 aliphatic heterocycles. The molecule has 14 heavy (non-hydrogen) atoms. The van der Waals surface area contributed by atoms with Gasteiger partial charge in [-0.05, 0) is 31.6 Å². The second-order valence-electron chi connectivity index (χ2n) is 4.31. The van der Waals surface area contributed by atoms with Crippen LogP contribution < -0.4 is 5.32 Å². The average molecular weight is 193 g/mol. The number of nitrogens with zero attached hydrogens (tertiary/aromatic N) is 1. The zero-order valence-electron chi connectivity index (χ0n) is 9.22. The summed E-state index contributed by atoms with van der Waals surface area (Å²) in [4.78, 5) is 0. The minimum absolute atomic E-state index is 0.640. The monoisotopic (exact) mass is 193 g/mol. The van der Waals surface area contributed by atoms with Gasteiger partial charge in [0.2, 0.25) is 0 Å². The molecular weight excluding hydrogens is 174 g/mol. The molecule has 0 bridgehead atoms. The Labute approximate surface area is 85.3 Å². The van der Waals surface area contributed by atoms with E-state index in [0.717, 1.165) is 12.4 Å². The lowest BCUT2D eigenvalue weighted by atomic mass is 9.82.